The van der Waals surface area contributed by atoms with Crippen LogP contribution in [-0.4, -0.2) is 47.4 Å². The van der Waals surface area contributed by atoms with Gasteiger partial charge in [-0.25, -0.2) is 4.79 Å². The topological polar surface area (TPSA) is 74.6 Å². The quantitative estimate of drug-likeness (QED) is 0.480. The minimum absolute atomic E-state index is 0.743. The molecule has 2 N–H and O–H groups in total. The fourth-order valence-electron chi connectivity index (χ4n) is 0.283. The van der Waals surface area contributed by atoms with Crippen LogP contribution in [0.1, 0.15) is 0 Å². The lowest BCUT2D eigenvalue weighted by molar-refractivity contribution is -0.738. The molecular weight excluding hydrogens is 138 g/mol. The number of aliphatic hydroxyl groups is 1. The Labute approximate surface area is 58.1 Å². The Bertz CT molecular complexity index is 163. The third kappa shape index (κ3) is 1.52. The highest BCUT2D eigenvalue weighted by Gasteiger charge is 2.34. The first kappa shape index (κ1) is 9.06. The van der Waals surface area contributed by atoms with Crippen LogP contribution in [0.5, 0.6) is 0 Å². The van der Waals surface area contributed by atoms with Gasteiger partial charge in [0.2, 0.25) is 0 Å². The van der Waals surface area contributed by atoms with E-state index in [1.165, 1.54) is 14.1 Å². The van der Waals surface area contributed by atoms with Crippen molar-refractivity contribution in [1.82, 2.24) is 0 Å². The number of hydrogen-bond acceptors (Lipinski definition) is 3. The molecule has 0 aliphatic carbocycles. The van der Waals surface area contributed by atoms with E-state index >= 15 is 0 Å². The van der Waals surface area contributed by atoms with Crippen LogP contribution in [0.2, 0.25) is 0 Å². The molecule has 0 aromatic heterocycles. The Hall–Kier alpha value is -0.940. The molecule has 0 atom stereocenters. The van der Waals surface area contributed by atoms with Crippen molar-refractivity contribution in [2.24, 2.45) is 0 Å². The standard InChI is InChI=1S/C5H9NO4/c1-6(2,5(9)10)4(8)3-7/h7H,3H2,1-2H3/p+1. The van der Waals surface area contributed by atoms with E-state index in [1.54, 1.807) is 0 Å². The second kappa shape index (κ2) is 2.76. The molecule has 0 aliphatic heterocycles. The first-order valence-electron chi connectivity index (χ1n) is 2.64. The number of amides is 2. The lowest BCUT2D eigenvalue weighted by Crippen LogP contribution is -2.51. The molecule has 2 amide bonds. The van der Waals surface area contributed by atoms with Crippen molar-refractivity contribution in [1.29, 1.82) is 0 Å². The number of carboxylic acid groups (broad SMARTS) is 1. The summed E-state index contributed by atoms with van der Waals surface area (Å²) in [5, 5.41) is 16.7. The summed E-state index contributed by atoms with van der Waals surface area (Å²) in [6.07, 6.45) is -1.28. The van der Waals surface area contributed by atoms with Gasteiger partial charge in [-0.3, -0.25) is 0 Å². The number of likely N-dealkylation sites (N-methyl/N-ethyl adjacent to an activating group) is 1. The van der Waals surface area contributed by atoms with Gasteiger partial charge < -0.3 is 10.2 Å². The summed E-state index contributed by atoms with van der Waals surface area (Å²) < 4.78 is -0.837. The van der Waals surface area contributed by atoms with Crippen molar-refractivity contribution in [3.05, 3.63) is 0 Å². The SMILES string of the molecule is C[N+](C)(C(=O)O)C(=O)CO. The van der Waals surface area contributed by atoms with E-state index in [1.807, 2.05) is 0 Å². The summed E-state index contributed by atoms with van der Waals surface area (Å²) in [5.41, 5.74) is 0. The fraction of sp³-hybridized carbons (Fsp3) is 0.600. The van der Waals surface area contributed by atoms with E-state index in [-0.39, 0.29) is 0 Å². The van der Waals surface area contributed by atoms with Crippen molar-refractivity contribution < 1.29 is 24.3 Å². The number of quaternary nitrogens is 1. The lowest BCUT2D eigenvalue weighted by Gasteiger charge is -2.17. The summed E-state index contributed by atoms with van der Waals surface area (Å²) >= 11 is 0. The minimum atomic E-state index is -1.28. The van der Waals surface area contributed by atoms with Gasteiger partial charge in [0.15, 0.2) is 6.61 Å². The average molecular weight is 148 g/mol. The van der Waals surface area contributed by atoms with Crippen LogP contribution in [0.25, 0.3) is 0 Å². The first-order valence-corrected chi connectivity index (χ1v) is 2.64. The molecule has 0 spiro atoms. The van der Waals surface area contributed by atoms with Gasteiger partial charge >= 0.3 is 12.0 Å². The summed E-state index contributed by atoms with van der Waals surface area (Å²) in [6.45, 7) is -0.751. The zero-order chi connectivity index (χ0) is 8.36. The molecule has 0 fully saturated rings. The highest BCUT2D eigenvalue weighted by Crippen LogP contribution is 1.97. The molecule has 0 bridgehead atoms. The van der Waals surface area contributed by atoms with Gasteiger partial charge in [0, 0.05) is 0 Å². The molecule has 5 heteroatoms. The zero-order valence-corrected chi connectivity index (χ0v) is 5.87. The molecule has 0 saturated heterocycles. The molecule has 0 unspecified atom stereocenters. The second-order valence-corrected chi connectivity index (χ2v) is 2.29. The average Bonchev–Trinajstić information content (AvgIpc) is 1.86. The summed E-state index contributed by atoms with van der Waals surface area (Å²) in [7, 11) is 2.39. The highest BCUT2D eigenvalue weighted by molar-refractivity contribution is 5.80. The fourth-order valence-corrected chi connectivity index (χ4v) is 0.283. The van der Waals surface area contributed by atoms with Gasteiger partial charge in [0.05, 0.1) is 14.1 Å². The molecule has 0 radical (unpaired) electrons. The van der Waals surface area contributed by atoms with Gasteiger partial charge in [0.25, 0.3) is 0 Å². The Balaban J connectivity index is 4.40. The predicted molar refractivity (Wildman–Crippen MR) is 32.2 cm³/mol. The monoisotopic (exact) mass is 148 g/mol. The number of carbonyl (C=O) groups excluding carboxylic acids is 1. The molecular formula is C5H10NO4+. The van der Waals surface area contributed by atoms with E-state index in [9.17, 15) is 9.59 Å². The third-order valence-corrected chi connectivity index (χ3v) is 1.24. The normalized spacial score (nSPS) is 11.1. The lowest BCUT2D eigenvalue weighted by atomic mass is 10.5. The van der Waals surface area contributed by atoms with Crippen molar-refractivity contribution in [3.8, 4) is 0 Å². The van der Waals surface area contributed by atoms with E-state index in [0.29, 0.717) is 0 Å². The minimum Gasteiger partial charge on any atom is -0.435 e. The Morgan fingerprint density at radius 2 is 1.80 bits per heavy atom. The van der Waals surface area contributed by atoms with Crippen LogP contribution in [-0.2, 0) is 4.79 Å². The van der Waals surface area contributed by atoms with Crippen molar-refractivity contribution in [3.63, 3.8) is 0 Å². The van der Waals surface area contributed by atoms with Crippen LogP contribution in [0.3, 0.4) is 0 Å². The molecule has 0 aliphatic rings. The van der Waals surface area contributed by atoms with Crippen LogP contribution in [0.15, 0.2) is 0 Å². The molecule has 0 aromatic rings. The van der Waals surface area contributed by atoms with Crippen LogP contribution in [0, 0.1) is 0 Å². The maximum Gasteiger partial charge on any atom is 0.520 e. The van der Waals surface area contributed by atoms with Crippen LogP contribution in [0.4, 0.5) is 4.79 Å². The number of nitrogens with zero attached hydrogens (tertiary/aromatic N) is 1. The maximum absolute atomic E-state index is 10.6. The first-order chi connectivity index (χ1) is 4.42. The molecule has 58 valence electrons. The van der Waals surface area contributed by atoms with Crippen LogP contribution >= 0.6 is 0 Å². The summed E-state index contributed by atoms with van der Waals surface area (Å²) in [5.74, 6) is -0.743. The van der Waals surface area contributed by atoms with Gasteiger partial charge in [-0.2, -0.15) is 9.28 Å². The summed E-state index contributed by atoms with van der Waals surface area (Å²) in [6, 6.07) is 0. The summed E-state index contributed by atoms with van der Waals surface area (Å²) in [4.78, 5) is 20.9. The predicted octanol–water partition coefficient (Wildman–Crippen LogP) is -0.740. The van der Waals surface area contributed by atoms with Gasteiger partial charge in [-0.05, 0) is 0 Å². The molecule has 0 saturated carbocycles. The molecule has 0 rings (SSSR count). The maximum atomic E-state index is 10.6. The number of rotatable bonds is 1. The molecule has 0 heterocycles. The van der Waals surface area contributed by atoms with Gasteiger partial charge in [-0.15, -0.1) is 0 Å². The third-order valence-electron chi connectivity index (χ3n) is 1.24. The van der Waals surface area contributed by atoms with Gasteiger partial charge in [0.1, 0.15) is 0 Å². The van der Waals surface area contributed by atoms with E-state index < -0.39 is 23.1 Å². The second-order valence-electron chi connectivity index (χ2n) is 2.29. The highest BCUT2D eigenvalue weighted by atomic mass is 16.4. The van der Waals surface area contributed by atoms with Crippen LogP contribution < -0.4 is 0 Å². The number of aliphatic hydroxyl groups excluding tert-OH is 1. The van der Waals surface area contributed by atoms with Crippen molar-refractivity contribution >= 4 is 12.0 Å². The van der Waals surface area contributed by atoms with Gasteiger partial charge in [-0.1, -0.05) is 0 Å². The van der Waals surface area contributed by atoms with E-state index in [2.05, 4.69) is 0 Å². The smallest absolute Gasteiger partial charge is 0.435 e. The Morgan fingerprint density at radius 3 is 1.90 bits per heavy atom. The van der Waals surface area contributed by atoms with E-state index in [4.69, 9.17) is 10.2 Å². The number of carbonyl (C=O) groups is 2. The Kier molecular flexibility index (Phi) is 2.50. The largest absolute Gasteiger partial charge is 0.520 e. The van der Waals surface area contributed by atoms with E-state index in [0.717, 1.165) is 0 Å². The van der Waals surface area contributed by atoms with Crippen molar-refractivity contribution in [2.45, 2.75) is 0 Å². The molecule has 10 heavy (non-hydrogen) atoms. The van der Waals surface area contributed by atoms with Crippen molar-refractivity contribution in [2.75, 3.05) is 20.7 Å². The molecule has 0 aromatic carbocycles. The Morgan fingerprint density at radius 1 is 1.40 bits per heavy atom. The number of hydrogen-bond donors (Lipinski definition) is 2. The molecule has 5 nitrogen and oxygen atoms in total. The zero-order valence-electron chi connectivity index (χ0n) is 5.87. The number of imide groups is 1.